The fourth-order valence-electron chi connectivity index (χ4n) is 3.85. The molecular weight excluding hydrogens is 386 g/mol. The third kappa shape index (κ3) is 4.33. The van der Waals surface area contributed by atoms with E-state index < -0.39 is 0 Å². The first-order chi connectivity index (χ1) is 13.9. The third-order valence-electron chi connectivity index (χ3n) is 5.37. The van der Waals surface area contributed by atoms with Gasteiger partial charge >= 0.3 is 0 Å². The van der Waals surface area contributed by atoms with Gasteiger partial charge in [0.05, 0.1) is 22.3 Å². The number of piperidine rings is 1. The zero-order valence-electron chi connectivity index (χ0n) is 17.4. The SMILES string of the molecule is Cc1noc2nc(C(C)C)cc(C(=O)Nc3nc(CN4CCCC(C)C4)cs3)c12. The number of pyridine rings is 1. The lowest BCUT2D eigenvalue weighted by Gasteiger charge is -2.30. The number of nitrogens with zero attached hydrogens (tertiary/aromatic N) is 4. The number of aromatic nitrogens is 3. The normalized spacial score (nSPS) is 17.9. The van der Waals surface area contributed by atoms with Crippen molar-refractivity contribution in [1.82, 2.24) is 20.0 Å². The number of rotatable bonds is 5. The van der Waals surface area contributed by atoms with Gasteiger partial charge in [0, 0.05) is 24.2 Å². The Labute approximate surface area is 174 Å². The Balaban J connectivity index is 1.53. The van der Waals surface area contributed by atoms with Gasteiger partial charge in [-0.05, 0) is 44.2 Å². The Morgan fingerprint density at radius 2 is 2.24 bits per heavy atom. The van der Waals surface area contributed by atoms with Gasteiger partial charge in [0.2, 0.25) is 0 Å². The van der Waals surface area contributed by atoms with Crippen LogP contribution in [0, 0.1) is 12.8 Å². The van der Waals surface area contributed by atoms with E-state index >= 15 is 0 Å². The molecule has 29 heavy (non-hydrogen) atoms. The molecule has 1 amide bonds. The van der Waals surface area contributed by atoms with Crippen LogP contribution in [0.15, 0.2) is 16.0 Å². The molecule has 0 bridgehead atoms. The number of hydrogen-bond donors (Lipinski definition) is 1. The van der Waals surface area contributed by atoms with Crippen molar-refractivity contribution in [3.8, 4) is 0 Å². The minimum atomic E-state index is -0.210. The molecule has 3 aromatic rings. The van der Waals surface area contributed by atoms with Gasteiger partial charge in [-0.15, -0.1) is 11.3 Å². The summed E-state index contributed by atoms with van der Waals surface area (Å²) in [6, 6.07) is 1.83. The number of fused-ring (bicyclic) bond motifs is 1. The average Bonchev–Trinajstić information content (AvgIpc) is 3.27. The molecule has 1 aliphatic heterocycles. The lowest BCUT2D eigenvalue weighted by molar-refractivity contribution is 0.102. The summed E-state index contributed by atoms with van der Waals surface area (Å²) in [4.78, 5) is 24.6. The topological polar surface area (TPSA) is 84.1 Å². The molecule has 3 aromatic heterocycles. The lowest BCUT2D eigenvalue weighted by Crippen LogP contribution is -2.33. The first-order valence-electron chi connectivity index (χ1n) is 10.2. The number of carbonyl (C=O) groups is 1. The van der Waals surface area contributed by atoms with Gasteiger partial charge in [-0.25, -0.2) is 9.97 Å². The van der Waals surface area contributed by atoms with Crippen LogP contribution in [0.25, 0.3) is 11.1 Å². The summed E-state index contributed by atoms with van der Waals surface area (Å²) in [7, 11) is 0. The molecule has 0 saturated carbocycles. The van der Waals surface area contributed by atoms with Gasteiger partial charge < -0.3 is 4.52 Å². The van der Waals surface area contributed by atoms with E-state index in [4.69, 9.17) is 4.52 Å². The van der Waals surface area contributed by atoms with Crippen LogP contribution in [0.2, 0.25) is 0 Å². The second-order valence-electron chi connectivity index (χ2n) is 8.28. The molecule has 8 heteroatoms. The smallest absolute Gasteiger partial charge is 0.259 e. The summed E-state index contributed by atoms with van der Waals surface area (Å²) in [6.45, 7) is 11.2. The maximum atomic E-state index is 13.0. The molecule has 0 radical (unpaired) electrons. The predicted octanol–water partition coefficient (Wildman–Crippen LogP) is 4.60. The Kier molecular flexibility index (Phi) is 5.65. The van der Waals surface area contributed by atoms with E-state index in [0.29, 0.717) is 27.5 Å². The monoisotopic (exact) mass is 413 g/mol. The van der Waals surface area contributed by atoms with Gasteiger partial charge in [-0.2, -0.15) is 0 Å². The molecule has 1 atom stereocenters. The van der Waals surface area contributed by atoms with E-state index in [1.165, 1.54) is 24.2 Å². The van der Waals surface area contributed by atoms with Crippen molar-refractivity contribution in [3.63, 3.8) is 0 Å². The summed E-state index contributed by atoms with van der Waals surface area (Å²) in [6.07, 6.45) is 2.54. The summed E-state index contributed by atoms with van der Waals surface area (Å²) in [5.74, 6) is 0.700. The molecule has 1 unspecified atom stereocenters. The van der Waals surface area contributed by atoms with Crippen LogP contribution in [0.4, 0.5) is 5.13 Å². The van der Waals surface area contributed by atoms with Gasteiger partial charge in [0.25, 0.3) is 11.6 Å². The zero-order chi connectivity index (χ0) is 20.5. The second-order valence-corrected chi connectivity index (χ2v) is 9.14. The molecule has 4 heterocycles. The minimum Gasteiger partial charge on any atom is -0.336 e. The molecule has 4 rings (SSSR count). The molecule has 0 spiro atoms. The molecule has 0 aromatic carbocycles. The molecule has 1 N–H and O–H groups in total. The third-order valence-corrected chi connectivity index (χ3v) is 6.18. The van der Waals surface area contributed by atoms with Crippen LogP contribution in [0.5, 0.6) is 0 Å². The fraction of sp³-hybridized carbons (Fsp3) is 0.524. The Hall–Kier alpha value is -2.32. The maximum Gasteiger partial charge on any atom is 0.259 e. The van der Waals surface area contributed by atoms with Gasteiger partial charge in [0.1, 0.15) is 0 Å². The first-order valence-corrected chi connectivity index (χ1v) is 11.0. The highest BCUT2D eigenvalue weighted by Crippen LogP contribution is 2.27. The highest BCUT2D eigenvalue weighted by Gasteiger charge is 2.21. The summed E-state index contributed by atoms with van der Waals surface area (Å²) in [5, 5.41) is 10.2. The zero-order valence-corrected chi connectivity index (χ0v) is 18.2. The highest BCUT2D eigenvalue weighted by atomic mass is 32.1. The molecule has 154 valence electrons. The number of hydrogen-bond acceptors (Lipinski definition) is 7. The van der Waals surface area contributed by atoms with Crippen LogP contribution in [-0.4, -0.2) is 39.0 Å². The number of anilines is 1. The fourth-order valence-corrected chi connectivity index (χ4v) is 4.55. The molecule has 1 saturated heterocycles. The Bertz CT molecular complexity index is 1030. The number of aryl methyl sites for hydroxylation is 1. The number of carbonyl (C=O) groups excluding carboxylic acids is 1. The van der Waals surface area contributed by atoms with Gasteiger partial charge in [-0.3, -0.25) is 15.0 Å². The van der Waals surface area contributed by atoms with Crippen LogP contribution in [0.1, 0.15) is 67.0 Å². The van der Waals surface area contributed by atoms with E-state index in [0.717, 1.165) is 36.9 Å². The van der Waals surface area contributed by atoms with Crippen molar-refractivity contribution < 1.29 is 9.32 Å². The van der Waals surface area contributed by atoms with E-state index in [2.05, 4.69) is 32.3 Å². The van der Waals surface area contributed by atoms with Gasteiger partial charge in [-0.1, -0.05) is 25.9 Å². The largest absolute Gasteiger partial charge is 0.336 e. The van der Waals surface area contributed by atoms with E-state index in [9.17, 15) is 4.79 Å². The standard InChI is InChI=1S/C21H27N5O2S/c1-12(2)17-8-16(18-14(4)25-28-20(18)23-17)19(27)24-21-22-15(11-29-21)10-26-7-5-6-13(3)9-26/h8,11-13H,5-7,9-10H2,1-4H3,(H,22,24,27). The van der Waals surface area contributed by atoms with E-state index in [-0.39, 0.29) is 11.8 Å². The van der Waals surface area contributed by atoms with Gasteiger partial charge in [0.15, 0.2) is 5.13 Å². The van der Waals surface area contributed by atoms with Crippen molar-refractivity contribution in [2.24, 2.45) is 5.92 Å². The Morgan fingerprint density at radius 3 is 3.00 bits per heavy atom. The Morgan fingerprint density at radius 1 is 1.41 bits per heavy atom. The van der Waals surface area contributed by atoms with Crippen molar-refractivity contribution in [3.05, 3.63) is 34.1 Å². The highest BCUT2D eigenvalue weighted by molar-refractivity contribution is 7.14. The van der Waals surface area contributed by atoms with Crippen molar-refractivity contribution in [1.29, 1.82) is 0 Å². The first kappa shape index (κ1) is 20.0. The van der Waals surface area contributed by atoms with Crippen molar-refractivity contribution >= 4 is 33.5 Å². The molecule has 0 aliphatic carbocycles. The summed E-state index contributed by atoms with van der Waals surface area (Å²) in [5.41, 5.74) is 3.39. The number of nitrogens with one attached hydrogen (secondary N) is 1. The summed E-state index contributed by atoms with van der Waals surface area (Å²) >= 11 is 1.46. The number of amides is 1. The minimum absolute atomic E-state index is 0.176. The van der Waals surface area contributed by atoms with E-state index in [1.807, 2.05) is 32.2 Å². The van der Waals surface area contributed by atoms with Crippen molar-refractivity contribution in [2.45, 2.75) is 53.0 Å². The van der Waals surface area contributed by atoms with Crippen LogP contribution >= 0.6 is 11.3 Å². The lowest BCUT2D eigenvalue weighted by atomic mass is 10.0. The van der Waals surface area contributed by atoms with Crippen LogP contribution in [0.3, 0.4) is 0 Å². The number of thiazole rings is 1. The molecule has 1 fully saturated rings. The second kappa shape index (κ2) is 8.20. The molecular formula is C21H27N5O2S. The predicted molar refractivity (Wildman–Crippen MR) is 114 cm³/mol. The van der Waals surface area contributed by atoms with Crippen LogP contribution in [-0.2, 0) is 6.54 Å². The number of likely N-dealkylation sites (tertiary alicyclic amines) is 1. The average molecular weight is 414 g/mol. The van der Waals surface area contributed by atoms with Crippen LogP contribution < -0.4 is 5.32 Å². The maximum absolute atomic E-state index is 13.0. The quantitative estimate of drug-likeness (QED) is 0.658. The van der Waals surface area contributed by atoms with E-state index in [1.54, 1.807) is 0 Å². The van der Waals surface area contributed by atoms with Crippen molar-refractivity contribution in [2.75, 3.05) is 18.4 Å². The molecule has 1 aliphatic rings. The molecule has 7 nitrogen and oxygen atoms in total. The summed E-state index contributed by atoms with van der Waals surface area (Å²) < 4.78 is 5.32.